The number of fused-ring (bicyclic) bond motifs is 9. The third-order valence-electron chi connectivity index (χ3n) is 10.9. The Morgan fingerprint density at radius 1 is 0.281 bits per heavy atom. The van der Waals surface area contributed by atoms with Gasteiger partial charge in [0.2, 0.25) is 0 Å². The van der Waals surface area contributed by atoms with Crippen molar-refractivity contribution in [1.29, 1.82) is 0 Å². The molecular formula is C51H29N3O3. The van der Waals surface area contributed by atoms with Crippen LogP contribution in [0.1, 0.15) is 0 Å². The minimum Gasteiger partial charge on any atom is -0.456 e. The fourth-order valence-corrected chi connectivity index (χ4v) is 8.28. The van der Waals surface area contributed by atoms with Crippen molar-refractivity contribution in [2.45, 2.75) is 0 Å². The number of hydrogen-bond acceptors (Lipinski definition) is 6. The summed E-state index contributed by atoms with van der Waals surface area (Å²) in [6.45, 7) is 0. The molecule has 0 unspecified atom stereocenters. The van der Waals surface area contributed by atoms with Gasteiger partial charge in [-0.05, 0) is 59.2 Å². The maximum Gasteiger partial charge on any atom is 0.167 e. The smallest absolute Gasteiger partial charge is 0.167 e. The Morgan fingerprint density at radius 3 is 1.54 bits per heavy atom. The van der Waals surface area contributed by atoms with E-state index in [-0.39, 0.29) is 0 Å². The average Bonchev–Trinajstić information content (AvgIpc) is 3.97. The molecule has 266 valence electrons. The number of para-hydroxylation sites is 4. The predicted octanol–water partition coefficient (Wildman–Crippen LogP) is 13.9. The summed E-state index contributed by atoms with van der Waals surface area (Å²) in [5.74, 6) is 1.75. The fourth-order valence-electron chi connectivity index (χ4n) is 8.28. The van der Waals surface area contributed by atoms with Gasteiger partial charge in [-0.2, -0.15) is 0 Å². The molecule has 4 aromatic heterocycles. The average molecular weight is 732 g/mol. The van der Waals surface area contributed by atoms with Crippen molar-refractivity contribution in [2.75, 3.05) is 0 Å². The van der Waals surface area contributed by atoms with Crippen LogP contribution in [0.4, 0.5) is 0 Å². The van der Waals surface area contributed by atoms with Gasteiger partial charge in [0.25, 0.3) is 0 Å². The van der Waals surface area contributed by atoms with Crippen molar-refractivity contribution < 1.29 is 13.3 Å². The van der Waals surface area contributed by atoms with Crippen molar-refractivity contribution in [1.82, 2.24) is 15.0 Å². The lowest BCUT2D eigenvalue weighted by molar-refractivity contribution is 0.668. The molecule has 0 aliphatic rings. The molecule has 0 saturated carbocycles. The van der Waals surface area contributed by atoms with Gasteiger partial charge in [0.05, 0.1) is 5.56 Å². The second-order valence-electron chi connectivity index (χ2n) is 14.3. The minimum atomic E-state index is 0.548. The summed E-state index contributed by atoms with van der Waals surface area (Å²) in [5.41, 5.74) is 11.6. The summed E-state index contributed by atoms with van der Waals surface area (Å²) in [6.07, 6.45) is 0. The molecule has 0 amide bonds. The van der Waals surface area contributed by atoms with Gasteiger partial charge < -0.3 is 13.3 Å². The largest absolute Gasteiger partial charge is 0.456 e. The molecule has 4 heterocycles. The van der Waals surface area contributed by atoms with Crippen LogP contribution in [-0.2, 0) is 0 Å². The molecule has 6 heteroatoms. The summed E-state index contributed by atoms with van der Waals surface area (Å²) in [6, 6.07) is 59.8. The highest BCUT2D eigenvalue weighted by atomic mass is 16.3. The van der Waals surface area contributed by atoms with Crippen LogP contribution in [0.25, 0.3) is 122 Å². The van der Waals surface area contributed by atoms with Gasteiger partial charge in [0.1, 0.15) is 33.5 Å². The standard InChI is InChI=1S/C51H29N3O3/c1-3-13-30(14-4-1)49-52-50(31-15-5-2-6-16-31)54-51(53-49)39-22-12-21-37-41-27-32(25-26-44(41)57-48(37)39)40-28-33(29-45-46(40)38-18-8-10-24-43(38)55-45)34-19-11-20-36-35-17-7-9-23-42(35)56-47(34)36/h1-29H. The molecule has 0 saturated heterocycles. The Morgan fingerprint density at radius 2 is 0.825 bits per heavy atom. The topological polar surface area (TPSA) is 78.1 Å². The number of aromatic nitrogens is 3. The Balaban J connectivity index is 1.06. The van der Waals surface area contributed by atoms with Crippen LogP contribution in [0.15, 0.2) is 189 Å². The van der Waals surface area contributed by atoms with E-state index in [0.717, 1.165) is 105 Å². The lowest BCUT2D eigenvalue weighted by Gasteiger charge is -2.09. The van der Waals surface area contributed by atoms with E-state index in [9.17, 15) is 0 Å². The van der Waals surface area contributed by atoms with E-state index < -0.39 is 0 Å². The third-order valence-corrected chi connectivity index (χ3v) is 10.9. The van der Waals surface area contributed by atoms with Gasteiger partial charge in [-0.15, -0.1) is 0 Å². The molecule has 57 heavy (non-hydrogen) atoms. The molecule has 0 fully saturated rings. The monoisotopic (exact) mass is 731 g/mol. The van der Waals surface area contributed by atoms with Crippen LogP contribution in [0, 0.1) is 0 Å². The second-order valence-corrected chi connectivity index (χ2v) is 14.3. The van der Waals surface area contributed by atoms with Gasteiger partial charge >= 0.3 is 0 Å². The Bertz CT molecular complexity index is 3470. The first-order chi connectivity index (χ1) is 28.2. The van der Waals surface area contributed by atoms with Crippen LogP contribution in [0.5, 0.6) is 0 Å². The molecule has 0 N–H and O–H groups in total. The highest BCUT2D eigenvalue weighted by molar-refractivity contribution is 6.17. The normalized spacial score (nSPS) is 11.9. The van der Waals surface area contributed by atoms with Crippen LogP contribution in [0.2, 0.25) is 0 Å². The van der Waals surface area contributed by atoms with E-state index >= 15 is 0 Å². The van der Waals surface area contributed by atoms with Gasteiger partial charge in [-0.3, -0.25) is 0 Å². The number of benzene rings is 8. The van der Waals surface area contributed by atoms with E-state index in [2.05, 4.69) is 78.9 Å². The van der Waals surface area contributed by atoms with E-state index in [1.54, 1.807) is 0 Å². The Kier molecular flexibility index (Phi) is 6.83. The molecular weight excluding hydrogens is 703 g/mol. The van der Waals surface area contributed by atoms with Gasteiger partial charge in [-0.25, -0.2) is 15.0 Å². The highest BCUT2D eigenvalue weighted by Crippen LogP contribution is 2.44. The first kappa shape index (κ1) is 31.5. The highest BCUT2D eigenvalue weighted by Gasteiger charge is 2.21. The van der Waals surface area contributed by atoms with Crippen LogP contribution >= 0.6 is 0 Å². The van der Waals surface area contributed by atoms with E-state index in [0.29, 0.717) is 17.5 Å². The molecule has 0 aliphatic carbocycles. The molecule has 12 rings (SSSR count). The van der Waals surface area contributed by atoms with E-state index in [4.69, 9.17) is 28.2 Å². The Labute approximate surface area is 325 Å². The van der Waals surface area contributed by atoms with Crippen LogP contribution in [-0.4, -0.2) is 15.0 Å². The molecule has 8 aromatic carbocycles. The number of hydrogen-bond donors (Lipinski definition) is 0. The molecule has 0 spiro atoms. The number of furan rings is 3. The molecule has 0 radical (unpaired) electrons. The molecule has 6 nitrogen and oxygen atoms in total. The molecule has 0 atom stereocenters. The third kappa shape index (κ3) is 5.01. The van der Waals surface area contributed by atoms with Crippen molar-refractivity contribution in [3.63, 3.8) is 0 Å². The molecule has 12 aromatic rings. The summed E-state index contributed by atoms with van der Waals surface area (Å²) in [5, 5.41) is 6.28. The van der Waals surface area contributed by atoms with Crippen molar-refractivity contribution >= 4 is 65.8 Å². The lowest BCUT2D eigenvalue weighted by Crippen LogP contribution is -2.00. The zero-order valence-electron chi connectivity index (χ0n) is 30.3. The molecule has 0 bridgehead atoms. The Hall–Kier alpha value is -7.83. The van der Waals surface area contributed by atoms with Gasteiger partial charge in [0.15, 0.2) is 17.5 Å². The number of rotatable bonds is 5. The summed E-state index contributed by atoms with van der Waals surface area (Å²) in [7, 11) is 0. The fraction of sp³-hybridized carbons (Fsp3) is 0. The van der Waals surface area contributed by atoms with E-state index in [1.165, 1.54) is 0 Å². The summed E-state index contributed by atoms with van der Waals surface area (Å²) < 4.78 is 19.8. The zero-order valence-corrected chi connectivity index (χ0v) is 30.3. The summed E-state index contributed by atoms with van der Waals surface area (Å²) >= 11 is 0. The van der Waals surface area contributed by atoms with Crippen LogP contribution < -0.4 is 0 Å². The van der Waals surface area contributed by atoms with Crippen molar-refractivity contribution in [3.8, 4) is 56.4 Å². The zero-order chi connectivity index (χ0) is 37.5. The minimum absolute atomic E-state index is 0.548. The van der Waals surface area contributed by atoms with E-state index in [1.807, 2.05) is 97.1 Å². The number of nitrogens with zero attached hydrogens (tertiary/aromatic N) is 3. The van der Waals surface area contributed by atoms with Crippen molar-refractivity contribution in [2.24, 2.45) is 0 Å². The summed E-state index contributed by atoms with van der Waals surface area (Å²) in [4.78, 5) is 14.9. The van der Waals surface area contributed by atoms with Crippen molar-refractivity contribution in [3.05, 3.63) is 176 Å². The second kappa shape index (κ2) is 12.3. The maximum atomic E-state index is 6.70. The SMILES string of the molecule is c1ccc(-c2nc(-c3ccccc3)nc(-c3cccc4c3oc3ccc(-c5cc(-c6cccc7c6oc6ccccc67)cc6oc7ccccc7c56)cc34)n2)cc1. The lowest BCUT2D eigenvalue weighted by atomic mass is 9.93. The van der Waals surface area contributed by atoms with Gasteiger partial charge in [-0.1, -0.05) is 133 Å². The molecule has 0 aliphatic heterocycles. The first-order valence-corrected chi connectivity index (χ1v) is 18.9. The predicted molar refractivity (Wildman–Crippen MR) is 229 cm³/mol. The van der Waals surface area contributed by atoms with Crippen LogP contribution in [0.3, 0.4) is 0 Å². The first-order valence-electron chi connectivity index (χ1n) is 18.9. The van der Waals surface area contributed by atoms with Gasteiger partial charge in [0, 0.05) is 49.0 Å². The quantitative estimate of drug-likeness (QED) is 0.175. The maximum absolute atomic E-state index is 6.70.